The molecule has 0 saturated heterocycles. The van der Waals surface area contributed by atoms with Crippen LogP contribution in [0.15, 0.2) is 42.5 Å². The molecule has 0 radical (unpaired) electrons. The van der Waals surface area contributed by atoms with Crippen LogP contribution in [0.4, 0.5) is 5.69 Å². The van der Waals surface area contributed by atoms with Crippen molar-refractivity contribution in [2.24, 2.45) is 0 Å². The van der Waals surface area contributed by atoms with Gasteiger partial charge in [0.05, 0.1) is 18.0 Å². The third-order valence-corrected chi connectivity index (χ3v) is 6.92. The van der Waals surface area contributed by atoms with Gasteiger partial charge in [0.1, 0.15) is 0 Å². The summed E-state index contributed by atoms with van der Waals surface area (Å²) in [6.07, 6.45) is 1.80. The number of carbonyl (C=O) groups is 1. The maximum Gasteiger partial charge on any atom is 0.232 e. The van der Waals surface area contributed by atoms with Crippen LogP contribution in [-0.2, 0) is 20.2 Å². The normalized spacial score (nSPS) is 13.0. The van der Waals surface area contributed by atoms with Crippen molar-refractivity contribution in [2.45, 2.75) is 58.9 Å². The van der Waals surface area contributed by atoms with Gasteiger partial charge >= 0.3 is 0 Å². The second-order valence-electron chi connectivity index (χ2n) is 8.98. The molecule has 2 aromatic carbocycles. The maximum absolute atomic E-state index is 12.4. The van der Waals surface area contributed by atoms with Gasteiger partial charge in [-0.15, -0.1) is 0 Å². The number of rotatable bonds is 8. The van der Waals surface area contributed by atoms with Crippen LogP contribution in [0.5, 0.6) is 0 Å². The number of benzene rings is 2. The average molecular weight is 465 g/mol. The van der Waals surface area contributed by atoms with Crippen molar-refractivity contribution in [3.8, 4) is 0 Å². The molecule has 7 heteroatoms. The minimum absolute atomic E-state index is 0.0812. The highest BCUT2D eigenvalue weighted by molar-refractivity contribution is 7.92. The fraction of sp³-hybridized carbons (Fsp3) is 0.458. The van der Waals surface area contributed by atoms with Crippen LogP contribution in [-0.4, -0.2) is 27.1 Å². The molecule has 0 heterocycles. The summed E-state index contributed by atoms with van der Waals surface area (Å²) in [5, 5.41) is 3.51. The molecule has 1 amide bonds. The van der Waals surface area contributed by atoms with Gasteiger partial charge < -0.3 is 5.32 Å². The number of amides is 1. The molecule has 0 aliphatic carbocycles. The molecule has 2 aromatic rings. The number of hydrogen-bond acceptors (Lipinski definition) is 3. The Hall–Kier alpha value is -2.05. The minimum atomic E-state index is -3.49. The van der Waals surface area contributed by atoms with Gasteiger partial charge in [-0.1, -0.05) is 62.7 Å². The van der Waals surface area contributed by atoms with Crippen LogP contribution in [0.2, 0.25) is 5.02 Å². The molecule has 0 spiro atoms. The first-order chi connectivity index (χ1) is 14.3. The largest absolute Gasteiger partial charge is 0.350 e. The Morgan fingerprint density at radius 1 is 1.13 bits per heavy atom. The molecule has 0 bridgehead atoms. The van der Waals surface area contributed by atoms with Gasteiger partial charge in [0.15, 0.2) is 0 Å². The van der Waals surface area contributed by atoms with E-state index in [0.717, 1.165) is 11.8 Å². The number of sulfonamides is 1. The van der Waals surface area contributed by atoms with Crippen LogP contribution >= 0.6 is 11.6 Å². The van der Waals surface area contributed by atoms with Crippen molar-refractivity contribution in [2.75, 3.05) is 17.1 Å². The van der Waals surface area contributed by atoms with E-state index in [1.807, 2.05) is 19.1 Å². The zero-order valence-corrected chi connectivity index (χ0v) is 20.8. The lowest BCUT2D eigenvalue weighted by Gasteiger charge is -2.24. The second-order valence-corrected chi connectivity index (χ2v) is 11.3. The maximum atomic E-state index is 12.4. The Morgan fingerprint density at radius 3 is 2.29 bits per heavy atom. The van der Waals surface area contributed by atoms with Crippen LogP contribution in [0.25, 0.3) is 0 Å². The van der Waals surface area contributed by atoms with Crippen molar-refractivity contribution in [1.82, 2.24) is 5.32 Å². The summed E-state index contributed by atoms with van der Waals surface area (Å²) < 4.78 is 25.9. The number of carbonyl (C=O) groups excluding carboxylic acids is 1. The fourth-order valence-electron chi connectivity index (χ4n) is 3.38. The van der Waals surface area contributed by atoms with E-state index >= 15 is 0 Å². The van der Waals surface area contributed by atoms with Gasteiger partial charge in [0.25, 0.3) is 0 Å². The van der Waals surface area contributed by atoms with E-state index in [-0.39, 0.29) is 30.3 Å². The van der Waals surface area contributed by atoms with E-state index in [1.54, 1.807) is 25.1 Å². The lowest BCUT2D eigenvalue weighted by molar-refractivity contribution is -0.121. The van der Waals surface area contributed by atoms with Gasteiger partial charge in [-0.05, 0) is 54.5 Å². The smallest absolute Gasteiger partial charge is 0.232 e. The van der Waals surface area contributed by atoms with E-state index in [9.17, 15) is 13.2 Å². The summed E-state index contributed by atoms with van der Waals surface area (Å²) in [5.41, 5.74) is 3.60. The highest BCUT2D eigenvalue weighted by Crippen LogP contribution is 2.28. The Kier molecular flexibility index (Phi) is 8.17. The quantitative estimate of drug-likeness (QED) is 0.571. The molecule has 0 aromatic heterocycles. The molecule has 1 atom stereocenters. The van der Waals surface area contributed by atoms with E-state index < -0.39 is 10.0 Å². The summed E-state index contributed by atoms with van der Waals surface area (Å²) in [4.78, 5) is 12.4. The summed E-state index contributed by atoms with van der Waals surface area (Å²) in [7, 11) is -3.49. The zero-order valence-electron chi connectivity index (χ0n) is 19.2. The number of anilines is 1. The molecule has 31 heavy (non-hydrogen) atoms. The predicted octanol–water partition coefficient (Wildman–Crippen LogP) is 5.37. The first kappa shape index (κ1) is 25.2. The Bertz CT molecular complexity index is 1010. The molecule has 0 aliphatic heterocycles. The van der Waals surface area contributed by atoms with E-state index in [0.29, 0.717) is 22.7 Å². The number of nitrogens with one attached hydrogen (secondary N) is 1. The average Bonchev–Trinajstić information content (AvgIpc) is 2.66. The number of nitrogens with zero attached hydrogens (tertiary/aromatic N) is 1. The second kappa shape index (κ2) is 10.0. The Labute approximate surface area is 191 Å². The van der Waals surface area contributed by atoms with Crippen molar-refractivity contribution in [3.63, 3.8) is 0 Å². The summed E-state index contributed by atoms with van der Waals surface area (Å²) in [6, 6.07) is 13.3. The predicted molar refractivity (Wildman–Crippen MR) is 129 cm³/mol. The SMILES string of the molecule is Cc1c(Cl)cccc1N(CCCC(=O)N[C@@H](C)c1ccc(C(C)(C)C)cc1)S(C)(=O)=O. The number of hydrogen-bond donors (Lipinski definition) is 1. The molecule has 1 N–H and O–H groups in total. The Morgan fingerprint density at radius 2 is 1.74 bits per heavy atom. The van der Waals surface area contributed by atoms with Crippen molar-refractivity contribution in [3.05, 3.63) is 64.2 Å². The highest BCUT2D eigenvalue weighted by atomic mass is 35.5. The standard InChI is InChI=1S/C24H33ClN2O3S/c1-17-21(25)9-7-10-22(17)27(31(6,29)30)16-8-11-23(28)26-18(2)19-12-14-20(15-13-19)24(3,4)5/h7,9-10,12-15,18H,8,11,16H2,1-6H3,(H,26,28)/t18-/m0/s1. The molecule has 0 fully saturated rings. The Balaban J connectivity index is 1.97. The summed E-state index contributed by atoms with van der Waals surface area (Å²) in [5.74, 6) is -0.108. The number of halogens is 1. The summed E-state index contributed by atoms with van der Waals surface area (Å²) in [6.45, 7) is 10.4. The third-order valence-electron chi connectivity index (χ3n) is 5.33. The molecule has 0 unspecified atom stereocenters. The van der Waals surface area contributed by atoms with Gasteiger partial charge in [0.2, 0.25) is 15.9 Å². The minimum Gasteiger partial charge on any atom is -0.350 e. The molecular weight excluding hydrogens is 432 g/mol. The topological polar surface area (TPSA) is 66.5 Å². The molecule has 2 rings (SSSR count). The lowest BCUT2D eigenvalue weighted by Crippen LogP contribution is -2.33. The summed E-state index contributed by atoms with van der Waals surface area (Å²) >= 11 is 6.16. The van der Waals surface area contributed by atoms with Crippen molar-refractivity contribution in [1.29, 1.82) is 0 Å². The lowest BCUT2D eigenvalue weighted by atomic mass is 9.86. The molecule has 170 valence electrons. The van der Waals surface area contributed by atoms with Crippen LogP contribution in [0, 0.1) is 6.92 Å². The van der Waals surface area contributed by atoms with Gasteiger partial charge in [-0.25, -0.2) is 8.42 Å². The zero-order chi connectivity index (χ0) is 23.4. The van der Waals surface area contributed by atoms with Crippen molar-refractivity contribution < 1.29 is 13.2 Å². The van der Waals surface area contributed by atoms with Crippen molar-refractivity contribution >= 4 is 33.2 Å². The first-order valence-electron chi connectivity index (χ1n) is 10.4. The van der Waals surface area contributed by atoms with E-state index in [1.165, 1.54) is 9.87 Å². The van der Waals surface area contributed by atoms with E-state index in [4.69, 9.17) is 11.6 Å². The monoisotopic (exact) mass is 464 g/mol. The van der Waals surface area contributed by atoms with Crippen LogP contribution in [0.1, 0.15) is 63.3 Å². The van der Waals surface area contributed by atoms with Gasteiger partial charge in [0, 0.05) is 18.0 Å². The third kappa shape index (κ3) is 6.97. The highest BCUT2D eigenvalue weighted by Gasteiger charge is 2.21. The fourth-order valence-corrected chi connectivity index (χ4v) is 4.57. The van der Waals surface area contributed by atoms with Gasteiger partial charge in [-0.2, -0.15) is 0 Å². The van der Waals surface area contributed by atoms with Crippen LogP contribution < -0.4 is 9.62 Å². The van der Waals surface area contributed by atoms with E-state index in [2.05, 4.69) is 38.2 Å². The van der Waals surface area contributed by atoms with Crippen LogP contribution in [0.3, 0.4) is 0 Å². The van der Waals surface area contributed by atoms with Gasteiger partial charge in [-0.3, -0.25) is 9.10 Å². The first-order valence-corrected chi connectivity index (χ1v) is 12.7. The molecular formula is C24H33ClN2O3S. The molecule has 5 nitrogen and oxygen atoms in total. The molecule has 0 aliphatic rings. The molecule has 0 saturated carbocycles.